The molecule has 6 nitrogen and oxygen atoms in total. The van der Waals surface area contributed by atoms with Gasteiger partial charge in [-0.2, -0.15) is 13.9 Å². The zero-order chi connectivity index (χ0) is 27.1. The minimum absolute atomic E-state index is 0.0532. The molecular weight excluding hydrogens is 502 g/mol. The molecule has 0 unspecified atom stereocenters. The van der Waals surface area contributed by atoms with E-state index in [2.05, 4.69) is 9.84 Å². The molecule has 39 heavy (non-hydrogen) atoms. The van der Waals surface area contributed by atoms with Crippen molar-refractivity contribution in [3.05, 3.63) is 84.1 Å². The summed E-state index contributed by atoms with van der Waals surface area (Å²) in [4.78, 5) is 24.7. The molecule has 1 heterocycles. The van der Waals surface area contributed by atoms with Gasteiger partial charge in [0, 0.05) is 17.4 Å². The number of fused-ring (bicyclic) bond motifs is 1. The summed E-state index contributed by atoms with van der Waals surface area (Å²) in [6, 6.07) is 21.0. The molecule has 1 N–H and O–H groups in total. The summed E-state index contributed by atoms with van der Waals surface area (Å²) in [5, 5.41) is 14.2. The van der Waals surface area contributed by atoms with Gasteiger partial charge >= 0.3 is 12.6 Å². The number of carboxylic acids is 1. The van der Waals surface area contributed by atoms with Crippen LogP contribution in [0, 0.1) is 17.3 Å². The maximum Gasteiger partial charge on any atom is 0.387 e. The molecule has 4 aromatic rings. The van der Waals surface area contributed by atoms with Crippen molar-refractivity contribution in [2.24, 2.45) is 17.3 Å². The average molecular weight is 531 g/mol. The summed E-state index contributed by atoms with van der Waals surface area (Å²) >= 11 is 0. The standard InChI is InChI=1S/C31H28F2N2O4/c32-30(33)39-25-11-23-17-34-35(18-19-6-8-22(9-7-19)21-4-2-1-3-5-21)28(23)26(12-25)27(36)10-20-13-31(14-20)15-24(16-31)29(37)38/h1-9,11-12,17,20,24,30H,10,13-16,18H2,(H,37,38). The fourth-order valence-corrected chi connectivity index (χ4v) is 6.49. The number of Topliss-reactive ketones (excluding diaryl/α,β-unsaturated/α-hetero) is 1. The molecule has 6 rings (SSSR count). The van der Waals surface area contributed by atoms with E-state index in [-0.39, 0.29) is 35.2 Å². The Bertz CT molecular complexity index is 1520. The normalized spacial score (nSPS) is 22.0. The summed E-state index contributed by atoms with van der Waals surface area (Å²) in [7, 11) is 0. The van der Waals surface area contributed by atoms with E-state index < -0.39 is 12.6 Å². The number of benzene rings is 3. The number of nitrogens with zero attached hydrogens (tertiary/aromatic N) is 2. The molecule has 1 spiro atoms. The maximum atomic E-state index is 13.5. The molecular formula is C31H28F2N2O4. The van der Waals surface area contributed by atoms with Gasteiger partial charge in [-0.3, -0.25) is 14.3 Å². The first-order valence-electron chi connectivity index (χ1n) is 13.1. The molecule has 2 aliphatic rings. The lowest BCUT2D eigenvalue weighted by atomic mass is 9.47. The molecule has 0 radical (unpaired) electrons. The minimum Gasteiger partial charge on any atom is -0.481 e. The van der Waals surface area contributed by atoms with Gasteiger partial charge in [0.15, 0.2) is 5.78 Å². The van der Waals surface area contributed by atoms with Crippen LogP contribution in [0.15, 0.2) is 72.9 Å². The number of alkyl halides is 2. The second kappa shape index (κ2) is 9.91. The van der Waals surface area contributed by atoms with Gasteiger partial charge in [0.25, 0.3) is 0 Å². The zero-order valence-corrected chi connectivity index (χ0v) is 21.2. The third-order valence-corrected chi connectivity index (χ3v) is 8.25. The summed E-state index contributed by atoms with van der Waals surface area (Å²) in [5.74, 6) is -1.08. The van der Waals surface area contributed by atoms with Gasteiger partial charge in [-0.25, -0.2) is 0 Å². The van der Waals surface area contributed by atoms with Gasteiger partial charge < -0.3 is 9.84 Å². The van der Waals surface area contributed by atoms with E-state index in [1.807, 2.05) is 54.6 Å². The monoisotopic (exact) mass is 530 g/mol. The minimum atomic E-state index is -3.00. The van der Waals surface area contributed by atoms with Crippen LogP contribution in [0.5, 0.6) is 5.75 Å². The molecule has 0 saturated heterocycles. The van der Waals surface area contributed by atoms with Gasteiger partial charge in [0.05, 0.1) is 24.2 Å². The number of halogens is 2. The summed E-state index contributed by atoms with van der Waals surface area (Å²) in [6.45, 7) is -2.59. The van der Waals surface area contributed by atoms with Crippen LogP contribution in [0.3, 0.4) is 0 Å². The van der Waals surface area contributed by atoms with Crippen molar-refractivity contribution < 1.29 is 28.2 Å². The van der Waals surface area contributed by atoms with Gasteiger partial charge in [0.2, 0.25) is 0 Å². The van der Waals surface area contributed by atoms with Crippen LogP contribution in [0.25, 0.3) is 22.0 Å². The number of carbonyl (C=O) groups is 2. The molecule has 1 aromatic heterocycles. The predicted molar refractivity (Wildman–Crippen MR) is 142 cm³/mol. The maximum absolute atomic E-state index is 13.5. The van der Waals surface area contributed by atoms with Gasteiger partial charge in [-0.15, -0.1) is 0 Å². The molecule has 0 amide bonds. The van der Waals surface area contributed by atoms with E-state index in [9.17, 15) is 23.5 Å². The van der Waals surface area contributed by atoms with Crippen molar-refractivity contribution in [3.63, 3.8) is 0 Å². The SMILES string of the molecule is O=C(CC1CC2(C1)CC(C(=O)O)C2)c1cc(OC(F)F)cc2cnn(Cc3ccc(-c4ccccc4)cc3)c12. The van der Waals surface area contributed by atoms with Crippen molar-refractivity contribution >= 4 is 22.7 Å². The number of aromatic nitrogens is 2. The molecule has 8 heteroatoms. The Labute approximate surface area is 224 Å². The van der Waals surface area contributed by atoms with E-state index >= 15 is 0 Å². The molecule has 0 aliphatic heterocycles. The van der Waals surface area contributed by atoms with E-state index in [4.69, 9.17) is 0 Å². The number of aliphatic carboxylic acids is 1. The fourth-order valence-electron chi connectivity index (χ4n) is 6.49. The Morgan fingerprint density at radius 3 is 2.36 bits per heavy atom. The van der Waals surface area contributed by atoms with Gasteiger partial charge in [-0.1, -0.05) is 54.6 Å². The van der Waals surface area contributed by atoms with Crippen molar-refractivity contribution in [1.82, 2.24) is 9.78 Å². The number of ketones is 1. The van der Waals surface area contributed by atoms with E-state index in [0.717, 1.165) is 29.5 Å². The molecule has 200 valence electrons. The second-order valence-corrected chi connectivity index (χ2v) is 11.0. The van der Waals surface area contributed by atoms with Crippen molar-refractivity contribution in [3.8, 4) is 16.9 Å². The Balaban J connectivity index is 1.23. The smallest absolute Gasteiger partial charge is 0.387 e. The van der Waals surface area contributed by atoms with Crippen LogP contribution in [0.1, 0.15) is 48.0 Å². The summed E-state index contributed by atoms with van der Waals surface area (Å²) < 4.78 is 32.4. The van der Waals surface area contributed by atoms with Crippen LogP contribution >= 0.6 is 0 Å². The number of carbonyl (C=O) groups excluding carboxylic acids is 1. The highest BCUT2D eigenvalue weighted by atomic mass is 19.3. The van der Waals surface area contributed by atoms with E-state index in [0.29, 0.717) is 35.9 Å². The number of carboxylic acid groups (broad SMARTS) is 1. The van der Waals surface area contributed by atoms with Crippen LogP contribution < -0.4 is 4.74 Å². The first-order chi connectivity index (χ1) is 18.8. The van der Waals surface area contributed by atoms with E-state index in [1.165, 1.54) is 12.1 Å². The summed E-state index contributed by atoms with van der Waals surface area (Å²) in [5.41, 5.74) is 4.17. The van der Waals surface area contributed by atoms with Crippen molar-refractivity contribution in [1.29, 1.82) is 0 Å². The Hall–Kier alpha value is -4.07. The predicted octanol–water partition coefficient (Wildman–Crippen LogP) is 6.82. The largest absolute Gasteiger partial charge is 0.481 e. The topological polar surface area (TPSA) is 81.4 Å². The lowest BCUT2D eigenvalue weighted by molar-refractivity contribution is -0.157. The number of ether oxygens (including phenoxy) is 1. The average Bonchev–Trinajstić information content (AvgIpc) is 3.26. The van der Waals surface area contributed by atoms with Gasteiger partial charge in [0.1, 0.15) is 5.75 Å². The molecule has 3 aromatic carbocycles. The lowest BCUT2D eigenvalue weighted by Gasteiger charge is -2.56. The van der Waals surface area contributed by atoms with Crippen LogP contribution in [0.2, 0.25) is 0 Å². The van der Waals surface area contributed by atoms with Crippen molar-refractivity contribution in [2.75, 3.05) is 0 Å². The highest BCUT2D eigenvalue weighted by molar-refractivity contribution is 6.07. The quantitative estimate of drug-likeness (QED) is 0.240. The third kappa shape index (κ3) is 5.03. The Morgan fingerprint density at radius 2 is 1.69 bits per heavy atom. The van der Waals surface area contributed by atoms with E-state index in [1.54, 1.807) is 10.9 Å². The fraction of sp³-hybridized carbons (Fsp3) is 0.323. The van der Waals surface area contributed by atoms with Crippen molar-refractivity contribution in [2.45, 2.75) is 45.3 Å². The lowest BCUT2D eigenvalue weighted by Crippen LogP contribution is -2.50. The molecule has 0 atom stereocenters. The highest BCUT2D eigenvalue weighted by Crippen LogP contribution is 2.62. The third-order valence-electron chi connectivity index (χ3n) is 8.25. The molecule has 0 bridgehead atoms. The zero-order valence-electron chi connectivity index (χ0n) is 21.2. The number of hydrogen-bond donors (Lipinski definition) is 1. The first kappa shape index (κ1) is 25.2. The molecule has 2 aliphatic carbocycles. The van der Waals surface area contributed by atoms with Gasteiger partial charge in [-0.05, 0) is 65.8 Å². The van der Waals surface area contributed by atoms with Crippen LogP contribution in [-0.4, -0.2) is 33.3 Å². The molecule has 2 fully saturated rings. The molecule has 2 saturated carbocycles. The summed E-state index contributed by atoms with van der Waals surface area (Å²) in [6.07, 6.45) is 4.85. The Kier molecular flexibility index (Phi) is 6.41. The number of rotatable bonds is 9. The highest BCUT2D eigenvalue weighted by Gasteiger charge is 2.54. The Morgan fingerprint density at radius 1 is 1.00 bits per heavy atom. The van der Waals surface area contributed by atoms with Crippen LogP contribution in [-0.2, 0) is 11.3 Å². The second-order valence-electron chi connectivity index (χ2n) is 11.0. The first-order valence-corrected chi connectivity index (χ1v) is 13.1. The number of hydrogen-bond acceptors (Lipinski definition) is 4. The van der Waals surface area contributed by atoms with Crippen LogP contribution in [0.4, 0.5) is 8.78 Å².